The Balaban J connectivity index is 4.52. The van der Waals surface area contributed by atoms with E-state index >= 15 is 0 Å². The first-order chi connectivity index (χ1) is 26.2. The predicted octanol–water partition coefficient (Wildman–Crippen LogP) is 11.6. The molecule has 0 aliphatic carbocycles. The largest absolute Gasteiger partial charge is 0.472 e. The standard InChI is InChI=1S/C41H78NO8P/c1-3-5-7-9-11-13-15-17-19-21-23-25-27-29-31-33-40(43)47-37-39(38-49-51(45,46)48-36-35-42)50-41(44)34-32-30-28-26-24-22-20-18-16-14-12-10-8-6-4-2/h17-20,39H,3-16,21-38,42H2,1-2H3,(H,45,46)/b19-17-,20-18-/i35D2,36D2. The molecule has 0 aromatic rings. The second kappa shape index (κ2) is 38.2. The van der Waals surface area contributed by atoms with E-state index in [2.05, 4.69) is 42.7 Å². The molecule has 2 unspecified atom stereocenters. The van der Waals surface area contributed by atoms with E-state index in [4.69, 9.17) is 25.2 Å². The molecule has 0 fully saturated rings. The summed E-state index contributed by atoms with van der Waals surface area (Å²) in [5.41, 5.74) is 5.08. The van der Waals surface area contributed by atoms with Crippen molar-refractivity contribution < 1.29 is 43.1 Å². The molecule has 0 rings (SSSR count). The lowest BCUT2D eigenvalue weighted by Gasteiger charge is -2.19. The number of nitrogens with two attached hydrogens (primary N) is 1. The van der Waals surface area contributed by atoms with Gasteiger partial charge >= 0.3 is 19.8 Å². The normalized spacial score (nSPS) is 15.3. The Morgan fingerprint density at radius 2 is 1.00 bits per heavy atom. The molecule has 0 saturated heterocycles. The Bertz CT molecular complexity index is 1060. The van der Waals surface area contributed by atoms with E-state index in [1.165, 1.54) is 77.0 Å². The molecule has 0 spiro atoms. The van der Waals surface area contributed by atoms with E-state index in [9.17, 15) is 19.0 Å². The summed E-state index contributed by atoms with van der Waals surface area (Å²) in [5.74, 6) is -1.10. The summed E-state index contributed by atoms with van der Waals surface area (Å²) in [7, 11) is -5.19. The zero-order valence-electron chi connectivity index (χ0n) is 36.4. The molecule has 0 radical (unpaired) electrons. The lowest BCUT2D eigenvalue weighted by Crippen LogP contribution is -2.29. The molecule has 9 nitrogen and oxygen atoms in total. The monoisotopic (exact) mass is 748 g/mol. The minimum absolute atomic E-state index is 0.0980. The van der Waals surface area contributed by atoms with Crippen molar-refractivity contribution in [1.29, 1.82) is 0 Å². The number of rotatable bonds is 39. The third-order valence-corrected chi connectivity index (χ3v) is 9.45. The van der Waals surface area contributed by atoms with E-state index in [0.717, 1.165) is 77.0 Å². The Morgan fingerprint density at radius 3 is 1.43 bits per heavy atom. The van der Waals surface area contributed by atoms with Gasteiger partial charge in [0.2, 0.25) is 0 Å². The first-order valence-electron chi connectivity index (χ1n) is 22.4. The minimum Gasteiger partial charge on any atom is -0.462 e. The smallest absolute Gasteiger partial charge is 0.462 e. The van der Waals surface area contributed by atoms with Crippen LogP contribution in [0.25, 0.3) is 0 Å². The number of hydrogen-bond acceptors (Lipinski definition) is 8. The molecule has 10 heteroatoms. The quantitative estimate of drug-likeness (QED) is 0.0273. The van der Waals surface area contributed by atoms with Gasteiger partial charge in [0.15, 0.2) is 6.10 Å². The fourth-order valence-corrected chi connectivity index (χ4v) is 6.16. The van der Waals surface area contributed by atoms with Crippen molar-refractivity contribution in [3.05, 3.63) is 24.3 Å². The number of ether oxygens (including phenoxy) is 2. The van der Waals surface area contributed by atoms with Gasteiger partial charge in [-0.25, -0.2) is 4.57 Å². The van der Waals surface area contributed by atoms with Gasteiger partial charge in [0, 0.05) is 22.1 Å². The molecule has 0 aromatic heterocycles. The van der Waals surface area contributed by atoms with Gasteiger partial charge in [-0.1, -0.05) is 141 Å². The van der Waals surface area contributed by atoms with Gasteiger partial charge in [-0.2, -0.15) is 0 Å². The summed E-state index contributed by atoms with van der Waals surface area (Å²) in [5, 5.41) is 0. The SMILES string of the molecule is [2H]C([2H])(N)C([2H])([2H])OP(=O)(O)OCC(COC(=O)CCCCCCC/C=C\CCCCCCCC)OC(=O)CCCCCCC/C=C\CCCCCCCC. The van der Waals surface area contributed by atoms with Crippen LogP contribution < -0.4 is 5.73 Å². The molecule has 0 aliphatic rings. The second-order valence-electron chi connectivity index (χ2n) is 13.6. The van der Waals surface area contributed by atoms with Gasteiger partial charge in [-0.05, 0) is 64.2 Å². The lowest BCUT2D eigenvalue weighted by atomic mass is 10.1. The highest BCUT2D eigenvalue weighted by molar-refractivity contribution is 7.47. The molecule has 0 amide bonds. The number of phosphoric ester groups is 1. The fraction of sp³-hybridized carbons (Fsp3) is 0.854. The second-order valence-corrected chi connectivity index (χ2v) is 14.9. The molecule has 0 heterocycles. The first-order valence-corrected chi connectivity index (χ1v) is 21.9. The number of allylic oxidation sites excluding steroid dienone is 4. The van der Waals surface area contributed by atoms with Crippen molar-refractivity contribution in [2.75, 3.05) is 26.3 Å². The van der Waals surface area contributed by atoms with Crippen molar-refractivity contribution in [2.45, 2.75) is 200 Å². The topological polar surface area (TPSA) is 134 Å². The maximum Gasteiger partial charge on any atom is 0.472 e. The van der Waals surface area contributed by atoms with Crippen LogP contribution in [0, 0.1) is 0 Å². The molecule has 0 saturated carbocycles. The maximum absolute atomic E-state index is 12.6. The molecule has 300 valence electrons. The fourth-order valence-electron chi connectivity index (χ4n) is 5.59. The highest BCUT2D eigenvalue weighted by Crippen LogP contribution is 2.43. The Morgan fingerprint density at radius 1 is 0.608 bits per heavy atom. The number of esters is 2. The van der Waals surface area contributed by atoms with Crippen molar-refractivity contribution in [3.8, 4) is 0 Å². The average molecular weight is 748 g/mol. The van der Waals surface area contributed by atoms with E-state index in [1.54, 1.807) is 0 Å². The molecular weight excluding hydrogens is 665 g/mol. The molecule has 0 aliphatic heterocycles. The van der Waals surface area contributed by atoms with Gasteiger partial charge < -0.3 is 20.1 Å². The van der Waals surface area contributed by atoms with Gasteiger partial charge in [0.1, 0.15) is 6.61 Å². The average Bonchev–Trinajstić information content (AvgIpc) is 3.11. The van der Waals surface area contributed by atoms with Crippen LogP contribution in [0.2, 0.25) is 0 Å². The highest BCUT2D eigenvalue weighted by Gasteiger charge is 2.26. The Kier molecular flexibility index (Phi) is 31.7. The van der Waals surface area contributed by atoms with Gasteiger partial charge in [0.05, 0.1) is 15.9 Å². The van der Waals surface area contributed by atoms with Crippen LogP contribution >= 0.6 is 7.82 Å². The van der Waals surface area contributed by atoms with Crippen LogP contribution in [0.15, 0.2) is 24.3 Å². The summed E-state index contributed by atoms with van der Waals surface area (Å²) < 4.78 is 61.9. The molecular formula is C41H78NO8P. The summed E-state index contributed by atoms with van der Waals surface area (Å²) in [6.45, 7) is -3.19. The van der Waals surface area contributed by atoms with Crippen molar-refractivity contribution in [1.82, 2.24) is 0 Å². The van der Waals surface area contributed by atoms with Gasteiger partial charge in [0.25, 0.3) is 0 Å². The molecule has 0 bridgehead atoms. The summed E-state index contributed by atoms with van der Waals surface area (Å²) in [6, 6.07) is 0. The van der Waals surface area contributed by atoms with Crippen LogP contribution in [0.3, 0.4) is 0 Å². The number of hydrogen-bond donors (Lipinski definition) is 2. The third-order valence-electron chi connectivity index (χ3n) is 8.66. The number of carbonyl (C=O) groups is 2. The third kappa shape index (κ3) is 38.0. The molecule has 0 aromatic carbocycles. The van der Waals surface area contributed by atoms with Crippen LogP contribution in [0.4, 0.5) is 0 Å². The molecule has 3 N–H and O–H groups in total. The van der Waals surface area contributed by atoms with Gasteiger partial charge in [-0.15, -0.1) is 0 Å². The van der Waals surface area contributed by atoms with Crippen molar-refractivity contribution in [3.63, 3.8) is 0 Å². The van der Waals surface area contributed by atoms with Crippen molar-refractivity contribution >= 4 is 19.8 Å². The summed E-state index contributed by atoms with van der Waals surface area (Å²) in [6.07, 6.45) is 37.4. The van der Waals surface area contributed by atoms with Crippen LogP contribution in [0.1, 0.15) is 199 Å². The molecule has 51 heavy (non-hydrogen) atoms. The van der Waals surface area contributed by atoms with Crippen LogP contribution in [-0.2, 0) is 32.7 Å². The van der Waals surface area contributed by atoms with Crippen molar-refractivity contribution in [2.24, 2.45) is 5.73 Å². The zero-order chi connectivity index (χ0) is 41.1. The van der Waals surface area contributed by atoms with E-state index < -0.39 is 52.1 Å². The van der Waals surface area contributed by atoms with E-state index in [0.29, 0.717) is 12.8 Å². The Hall–Kier alpha value is -1.51. The summed E-state index contributed by atoms with van der Waals surface area (Å²) >= 11 is 0. The zero-order valence-corrected chi connectivity index (χ0v) is 33.3. The highest BCUT2D eigenvalue weighted by atomic mass is 31.2. The first kappa shape index (κ1) is 42.2. The van der Waals surface area contributed by atoms with Gasteiger partial charge in [-0.3, -0.25) is 18.6 Å². The Labute approximate surface area is 318 Å². The lowest BCUT2D eigenvalue weighted by molar-refractivity contribution is -0.161. The predicted molar refractivity (Wildman–Crippen MR) is 211 cm³/mol. The number of carbonyl (C=O) groups excluding carboxylic acids is 2. The minimum atomic E-state index is -5.19. The van der Waals surface area contributed by atoms with E-state index in [1.807, 2.05) is 0 Å². The number of phosphoric acid groups is 1. The van der Waals surface area contributed by atoms with Crippen LogP contribution in [0.5, 0.6) is 0 Å². The van der Waals surface area contributed by atoms with Crippen LogP contribution in [-0.4, -0.2) is 49.2 Å². The summed E-state index contributed by atoms with van der Waals surface area (Å²) in [4.78, 5) is 35.1. The van der Waals surface area contributed by atoms with E-state index in [-0.39, 0.29) is 12.8 Å². The molecule has 2 atom stereocenters. The maximum atomic E-state index is 12.6. The number of unbranched alkanes of at least 4 members (excludes halogenated alkanes) is 22.